The average molecular weight is 638 g/mol. The SMILES string of the molecule is CCOc1cc(/C=N\NC(=O)CN(c2ccc(C)cc2)S(=O)(=O)c2ccc(SC)cc2)ccc1OCc1ccc(Cl)cc1. The number of hydrazone groups is 1. The number of amides is 1. The van der Waals surface area contributed by atoms with Crippen molar-refractivity contribution in [3.05, 3.63) is 113 Å². The molecule has 0 heterocycles. The van der Waals surface area contributed by atoms with Gasteiger partial charge in [-0.3, -0.25) is 9.10 Å². The zero-order valence-electron chi connectivity index (χ0n) is 24.0. The molecule has 0 atom stereocenters. The first-order chi connectivity index (χ1) is 20.7. The van der Waals surface area contributed by atoms with Gasteiger partial charge in [0.05, 0.1) is 23.4 Å². The number of carbonyl (C=O) groups excluding carboxylic acids is 1. The number of benzene rings is 4. The second-order valence-electron chi connectivity index (χ2n) is 9.37. The van der Waals surface area contributed by atoms with Crippen LogP contribution < -0.4 is 19.2 Å². The minimum atomic E-state index is -4.03. The number of nitrogens with one attached hydrogen (secondary N) is 1. The maximum absolute atomic E-state index is 13.6. The number of anilines is 1. The number of thioether (sulfide) groups is 1. The van der Waals surface area contributed by atoms with E-state index in [-0.39, 0.29) is 4.90 Å². The molecule has 0 aromatic heterocycles. The predicted octanol–water partition coefficient (Wildman–Crippen LogP) is 6.69. The molecule has 0 aliphatic heterocycles. The van der Waals surface area contributed by atoms with Crippen molar-refractivity contribution in [3.8, 4) is 11.5 Å². The molecular weight excluding hydrogens is 606 g/mol. The van der Waals surface area contributed by atoms with Gasteiger partial charge in [0.2, 0.25) is 0 Å². The molecular formula is C32H32ClN3O5S2. The minimum Gasteiger partial charge on any atom is -0.490 e. The van der Waals surface area contributed by atoms with Gasteiger partial charge in [-0.05, 0) is 98.0 Å². The molecule has 0 saturated carbocycles. The molecule has 4 aromatic carbocycles. The Morgan fingerprint density at radius 1 is 0.953 bits per heavy atom. The van der Waals surface area contributed by atoms with Gasteiger partial charge in [-0.25, -0.2) is 13.8 Å². The summed E-state index contributed by atoms with van der Waals surface area (Å²) in [5.41, 5.74) is 5.38. The molecule has 4 rings (SSSR count). The van der Waals surface area contributed by atoms with E-state index in [9.17, 15) is 13.2 Å². The Bertz CT molecular complexity index is 1660. The molecule has 0 radical (unpaired) electrons. The van der Waals surface area contributed by atoms with Gasteiger partial charge in [0.25, 0.3) is 15.9 Å². The van der Waals surface area contributed by atoms with Crippen LogP contribution in [0.5, 0.6) is 11.5 Å². The number of aryl methyl sites for hydroxylation is 1. The number of nitrogens with zero attached hydrogens (tertiary/aromatic N) is 2. The molecule has 0 aliphatic carbocycles. The number of ether oxygens (including phenoxy) is 2. The van der Waals surface area contributed by atoms with Crippen LogP contribution in [0.1, 0.15) is 23.6 Å². The predicted molar refractivity (Wildman–Crippen MR) is 173 cm³/mol. The number of carbonyl (C=O) groups is 1. The Labute approximate surface area is 261 Å². The van der Waals surface area contributed by atoms with Crippen molar-refractivity contribution in [1.29, 1.82) is 0 Å². The molecule has 1 N–H and O–H groups in total. The van der Waals surface area contributed by atoms with Crippen molar-refractivity contribution in [1.82, 2.24) is 5.43 Å². The Kier molecular flexibility index (Phi) is 11.1. The third-order valence-electron chi connectivity index (χ3n) is 6.23. The lowest BCUT2D eigenvalue weighted by molar-refractivity contribution is -0.119. The summed E-state index contributed by atoms with van der Waals surface area (Å²) < 4.78 is 40.0. The van der Waals surface area contributed by atoms with Crippen molar-refractivity contribution < 1.29 is 22.7 Å². The molecule has 4 aromatic rings. The van der Waals surface area contributed by atoms with Crippen LogP contribution in [0.2, 0.25) is 5.02 Å². The normalized spacial score (nSPS) is 11.3. The molecule has 1 amide bonds. The van der Waals surface area contributed by atoms with Crippen molar-refractivity contribution in [3.63, 3.8) is 0 Å². The van der Waals surface area contributed by atoms with Gasteiger partial charge in [0.1, 0.15) is 13.2 Å². The summed E-state index contributed by atoms with van der Waals surface area (Å²) in [6, 6.07) is 26.1. The molecule has 0 saturated heterocycles. The lowest BCUT2D eigenvalue weighted by Crippen LogP contribution is -2.39. The van der Waals surface area contributed by atoms with Gasteiger partial charge in [-0.1, -0.05) is 41.4 Å². The van der Waals surface area contributed by atoms with E-state index < -0.39 is 22.5 Å². The maximum Gasteiger partial charge on any atom is 0.264 e. The lowest BCUT2D eigenvalue weighted by Gasteiger charge is -2.24. The average Bonchev–Trinajstić information content (AvgIpc) is 3.01. The van der Waals surface area contributed by atoms with E-state index in [0.29, 0.717) is 41.0 Å². The van der Waals surface area contributed by atoms with Gasteiger partial charge in [-0.2, -0.15) is 5.10 Å². The first-order valence-electron chi connectivity index (χ1n) is 13.4. The van der Waals surface area contributed by atoms with Gasteiger partial charge in [0, 0.05) is 9.92 Å². The van der Waals surface area contributed by atoms with Crippen LogP contribution in [0, 0.1) is 6.92 Å². The van der Waals surface area contributed by atoms with E-state index in [4.69, 9.17) is 21.1 Å². The zero-order valence-corrected chi connectivity index (χ0v) is 26.4. The highest BCUT2D eigenvalue weighted by Gasteiger charge is 2.27. The summed E-state index contributed by atoms with van der Waals surface area (Å²) in [5.74, 6) is 0.479. The van der Waals surface area contributed by atoms with Crippen LogP contribution in [0.25, 0.3) is 0 Å². The third kappa shape index (κ3) is 8.76. The van der Waals surface area contributed by atoms with Gasteiger partial charge < -0.3 is 9.47 Å². The number of halogens is 1. The largest absolute Gasteiger partial charge is 0.490 e. The smallest absolute Gasteiger partial charge is 0.264 e. The molecule has 8 nitrogen and oxygen atoms in total. The van der Waals surface area contributed by atoms with Crippen LogP contribution in [0.15, 0.2) is 106 Å². The first kappa shape index (κ1) is 31.9. The lowest BCUT2D eigenvalue weighted by atomic mass is 10.2. The van der Waals surface area contributed by atoms with Gasteiger partial charge in [-0.15, -0.1) is 11.8 Å². The number of hydrogen-bond acceptors (Lipinski definition) is 7. The number of rotatable bonds is 13. The molecule has 11 heteroatoms. The monoisotopic (exact) mass is 637 g/mol. The molecule has 43 heavy (non-hydrogen) atoms. The van der Waals surface area contributed by atoms with E-state index in [1.807, 2.05) is 32.2 Å². The van der Waals surface area contributed by atoms with Crippen LogP contribution in [-0.4, -0.2) is 39.9 Å². The highest BCUT2D eigenvalue weighted by Crippen LogP contribution is 2.29. The van der Waals surface area contributed by atoms with Crippen molar-refractivity contribution in [2.45, 2.75) is 30.2 Å². The number of sulfonamides is 1. The van der Waals surface area contributed by atoms with Crippen molar-refractivity contribution >= 4 is 51.2 Å². The molecule has 224 valence electrons. The van der Waals surface area contributed by atoms with Crippen LogP contribution in [-0.2, 0) is 21.4 Å². The summed E-state index contributed by atoms with van der Waals surface area (Å²) in [7, 11) is -4.03. The Morgan fingerprint density at radius 2 is 1.65 bits per heavy atom. The topological polar surface area (TPSA) is 97.3 Å². The second kappa shape index (κ2) is 15.0. The Morgan fingerprint density at radius 3 is 2.30 bits per heavy atom. The van der Waals surface area contributed by atoms with E-state index >= 15 is 0 Å². The zero-order chi connectivity index (χ0) is 30.8. The van der Waals surface area contributed by atoms with E-state index in [2.05, 4.69) is 10.5 Å². The third-order valence-corrected chi connectivity index (χ3v) is 9.02. The Balaban J connectivity index is 1.46. The fourth-order valence-electron chi connectivity index (χ4n) is 3.98. The maximum atomic E-state index is 13.6. The quantitative estimate of drug-likeness (QED) is 0.0996. The summed E-state index contributed by atoms with van der Waals surface area (Å²) in [6.45, 7) is 4.07. The fourth-order valence-corrected chi connectivity index (χ4v) is 5.94. The standard InChI is InChI=1S/C32H32ClN3O5S2/c1-4-40-31-19-25(9-18-30(31)41-22-24-7-10-26(33)11-8-24)20-34-35-32(37)21-36(27-12-5-23(2)6-13-27)43(38,39)29-16-14-28(42-3)15-17-29/h5-20H,4,21-22H2,1-3H3,(H,35,37)/b34-20-. The number of hydrogen-bond donors (Lipinski definition) is 1. The van der Waals surface area contributed by atoms with Gasteiger partial charge in [0.15, 0.2) is 11.5 Å². The van der Waals surface area contributed by atoms with Crippen molar-refractivity contribution in [2.24, 2.45) is 5.10 Å². The molecule has 0 fully saturated rings. The molecule has 0 unspecified atom stereocenters. The summed E-state index contributed by atoms with van der Waals surface area (Å²) >= 11 is 7.47. The summed E-state index contributed by atoms with van der Waals surface area (Å²) in [4.78, 5) is 14.0. The second-order valence-corrected chi connectivity index (χ2v) is 12.5. The van der Waals surface area contributed by atoms with E-state index in [1.165, 1.54) is 30.1 Å². The summed E-state index contributed by atoms with van der Waals surface area (Å²) in [6.07, 6.45) is 3.37. The molecule has 0 spiro atoms. The first-order valence-corrected chi connectivity index (χ1v) is 16.4. The highest BCUT2D eigenvalue weighted by molar-refractivity contribution is 7.98. The molecule has 0 aliphatic rings. The highest BCUT2D eigenvalue weighted by atomic mass is 35.5. The van der Waals surface area contributed by atoms with Crippen molar-refractivity contribution in [2.75, 3.05) is 23.7 Å². The summed E-state index contributed by atoms with van der Waals surface area (Å²) in [5, 5.41) is 4.71. The van der Waals surface area contributed by atoms with Gasteiger partial charge >= 0.3 is 0 Å². The van der Waals surface area contributed by atoms with Crippen LogP contribution in [0.3, 0.4) is 0 Å². The van der Waals surface area contributed by atoms with Crippen LogP contribution >= 0.6 is 23.4 Å². The van der Waals surface area contributed by atoms with E-state index in [0.717, 1.165) is 20.3 Å². The van der Waals surface area contributed by atoms with Crippen LogP contribution in [0.4, 0.5) is 5.69 Å². The Hall–Kier alpha value is -3.99. The minimum absolute atomic E-state index is 0.0870. The molecule has 0 bridgehead atoms. The fraction of sp³-hybridized carbons (Fsp3) is 0.188. The van der Waals surface area contributed by atoms with E-state index in [1.54, 1.807) is 66.7 Å².